The zero-order chi connectivity index (χ0) is 16.0. The molecule has 1 aromatic rings. The molecule has 0 fully saturated rings. The number of rotatable bonds is 5. The van der Waals surface area contributed by atoms with E-state index in [2.05, 4.69) is 14.8 Å². The summed E-state index contributed by atoms with van der Waals surface area (Å²) in [6, 6.07) is 4.00. The van der Waals surface area contributed by atoms with Crippen LogP contribution >= 0.6 is 0 Å². The van der Waals surface area contributed by atoms with Crippen molar-refractivity contribution in [3.63, 3.8) is 0 Å². The molecular weight excluding hydrogens is 291 g/mol. The normalized spacial score (nSPS) is 12.4. The molecule has 116 valence electrons. The van der Waals surface area contributed by atoms with Crippen molar-refractivity contribution in [1.29, 1.82) is 0 Å². The lowest BCUT2D eigenvalue weighted by Gasteiger charge is -2.13. The topological polar surface area (TPSA) is 64.6 Å². The Kier molecular flexibility index (Phi) is 5.57. The van der Waals surface area contributed by atoms with Crippen molar-refractivity contribution in [3.05, 3.63) is 29.8 Å². The van der Waals surface area contributed by atoms with E-state index in [9.17, 15) is 22.8 Å². The molecule has 8 heteroatoms. The maximum Gasteiger partial charge on any atom is 0.573 e. The number of carbonyl (C=O) groups is 2. The van der Waals surface area contributed by atoms with E-state index in [1.807, 2.05) is 0 Å². The summed E-state index contributed by atoms with van der Waals surface area (Å²) < 4.78 is 44.1. The largest absolute Gasteiger partial charge is 0.573 e. The minimum atomic E-state index is -4.78. The zero-order valence-corrected chi connectivity index (χ0v) is 11.4. The molecule has 0 bridgehead atoms. The molecular formula is C13H14F3NO4. The smallest absolute Gasteiger partial charge is 0.469 e. The Bertz CT molecular complexity index is 499. The Labute approximate surface area is 119 Å². The molecule has 1 N–H and O–H groups in total. The summed E-state index contributed by atoms with van der Waals surface area (Å²) in [6.07, 6.45) is -4.78. The summed E-state index contributed by atoms with van der Waals surface area (Å²) in [5.41, 5.74) is 0.154. The number of alkyl halides is 3. The van der Waals surface area contributed by atoms with Crippen LogP contribution in [0.4, 0.5) is 13.2 Å². The highest BCUT2D eigenvalue weighted by Crippen LogP contribution is 2.22. The van der Waals surface area contributed by atoms with Gasteiger partial charge in [-0.2, -0.15) is 0 Å². The Morgan fingerprint density at radius 3 is 2.29 bits per heavy atom. The summed E-state index contributed by atoms with van der Waals surface area (Å²) in [6.45, 7) is 1.61. The lowest BCUT2D eigenvalue weighted by Crippen LogP contribution is -2.34. The second-order valence-electron chi connectivity index (χ2n) is 4.23. The number of halogens is 3. The second-order valence-corrected chi connectivity index (χ2v) is 4.23. The van der Waals surface area contributed by atoms with Gasteiger partial charge in [0.2, 0.25) is 0 Å². The number of benzene rings is 1. The predicted molar refractivity (Wildman–Crippen MR) is 66.7 cm³/mol. The fourth-order valence-corrected chi connectivity index (χ4v) is 1.50. The van der Waals surface area contributed by atoms with Crippen molar-refractivity contribution in [2.45, 2.75) is 25.7 Å². The first-order valence-corrected chi connectivity index (χ1v) is 5.95. The van der Waals surface area contributed by atoms with Gasteiger partial charge in [0.05, 0.1) is 13.5 Å². The highest BCUT2D eigenvalue weighted by Gasteiger charge is 2.31. The molecule has 0 aliphatic rings. The maximum atomic E-state index is 12.0. The molecule has 0 saturated carbocycles. The number of hydrogen-bond donors (Lipinski definition) is 1. The lowest BCUT2D eigenvalue weighted by molar-refractivity contribution is -0.274. The molecule has 21 heavy (non-hydrogen) atoms. The average molecular weight is 305 g/mol. The van der Waals surface area contributed by atoms with E-state index in [-0.39, 0.29) is 12.0 Å². The Morgan fingerprint density at radius 2 is 1.81 bits per heavy atom. The molecule has 1 aromatic carbocycles. The summed E-state index contributed by atoms with van der Waals surface area (Å²) in [7, 11) is 1.23. The van der Waals surface area contributed by atoms with Crippen molar-refractivity contribution in [2.75, 3.05) is 7.11 Å². The van der Waals surface area contributed by atoms with Crippen molar-refractivity contribution < 1.29 is 32.2 Å². The van der Waals surface area contributed by atoms with Crippen LogP contribution in [-0.4, -0.2) is 31.4 Å². The van der Waals surface area contributed by atoms with Crippen molar-refractivity contribution in [1.82, 2.24) is 5.32 Å². The molecule has 0 spiro atoms. The molecule has 0 aromatic heterocycles. The second kappa shape index (κ2) is 6.96. The van der Waals surface area contributed by atoms with Crippen LogP contribution in [0.3, 0.4) is 0 Å². The molecule has 0 aliphatic carbocycles. The Hall–Kier alpha value is -2.25. The highest BCUT2D eigenvalue weighted by molar-refractivity contribution is 5.94. The third-order valence-electron chi connectivity index (χ3n) is 2.43. The first-order valence-electron chi connectivity index (χ1n) is 5.95. The summed E-state index contributed by atoms with van der Waals surface area (Å²) in [5.74, 6) is -1.40. The van der Waals surface area contributed by atoms with Crippen LogP contribution < -0.4 is 10.1 Å². The Morgan fingerprint density at radius 1 is 1.24 bits per heavy atom. The number of nitrogens with one attached hydrogen (secondary N) is 1. The standard InChI is InChI=1S/C13H14F3NO4/c1-8(7-11(18)20-2)17-12(19)9-3-5-10(6-4-9)21-13(14,15)16/h3-6,8H,7H2,1-2H3,(H,17,19). The number of amides is 1. The van der Waals surface area contributed by atoms with Gasteiger partial charge in [-0.3, -0.25) is 9.59 Å². The fourth-order valence-electron chi connectivity index (χ4n) is 1.50. The van der Waals surface area contributed by atoms with E-state index >= 15 is 0 Å². The van der Waals surface area contributed by atoms with Gasteiger partial charge < -0.3 is 14.8 Å². The quantitative estimate of drug-likeness (QED) is 0.848. The van der Waals surface area contributed by atoms with Crippen LogP contribution in [0.25, 0.3) is 0 Å². The van der Waals surface area contributed by atoms with E-state index in [0.717, 1.165) is 12.1 Å². The van der Waals surface area contributed by atoms with Gasteiger partial charge >= 0.3 is 12.3 Å². The number of carbonyl (C=O) groups excluding carboxylic acids is 2. The number of ether oxygens (including phenoxy) is 2. The monoisotopic (exact) mass is 305 g/mol. The predicted octanol–water partition coefficient (Wildman–Crippen LogP) is 2.27. The number of esters is 1. The molecule has 1 atom stereocenters. The molecule has 1 amide bonds. The van der Waals surface area contributed by atoms with Gasteiger partial charge in [-0.25, -0.2) is 0 Å². The summed E-state index contributed by atoms with van der Waals surface area (Å²) in [4.78, 5) is 22.8. The molecule has 0 heterocycles. The molecule has 0 saturated heterocycles. The molecule has 0 aliphatic heterocycles. The van der Waals surface area contributed by atoms with Crippen LogP contribution in [0, 0.1) is 0 Å². The van der Waals surface area contributed by atoms with E-state index < -0.39 is 30.0 Å². The minimum absolute atomic E-state index is 0.00247. The summed E-state index contributed by atoms with van der Waals surface area (Å²) >= 11 is 0. The fraction of sp³-hybridized carbons (Fsp3) is 0.385. The van der Waals surface area contributed by atoms with Crippen LogP contribution in [0.5, 0.6) is 5.75 Å². The van der Waals surface area contributed by atoms with Crippen LogP contribution in [0.1, 0.15) is 23.7 Å². The number of hydrogen-bond acceptors (Lipinski definition) is 4. The molecule has 1 unspecified atom stereocenters. The average Bonchev–Trinajstić information content (AvgIpc) is 2.37. The summed E-state index contributed by atoms with van der Waals surface area (Å²) in [5, 5.41) is 2.53. The van der Waals surface area contributed by atoms with Crippen molar-refractivity contribution in [2.24, 2.45) is 0 Å². The van der Waals surface area contributed by atoms with E-state index in [1.54, 1.807) is 6.92 Å². The van der Waals surface area contributed by atoms with Crippen LogP contribution in [0.15, 0.2) is 24.3 Å². The van der Waals surface area contributed by atoms with Gasteiger partial charge in [-0.05, 0) is 31.2 Å². The van der Waals surface area contributed by atoms with E-state index in [1.165, 1.54) is 19.2 Å². The zero-order valence-electron chi connectivity index (χ0n) is 11.4. The van der Waals surface area contributed by atoms with Crippen molar-refractivity contribution >= 4 is 11.9 Å². The maximum absolute atomic E-state index is 12.0. The van der Waals surface area contributed by atoms with Crippen molar-refractivity contribution in [3.8, 4) is 5.75 Å². The molecule has 1 rings (SSSR count). The van der Waals surface area contributed by atoms with Gasteiger partial charge in [0.15, 0.2) is 0 Å². The number of methoxy groups -OCH3 is 1. The van der Waals surface area contributed by atoms with Gasteiger partial charge in [0.25, 0.3) is 5.91 Å². The molecule has 0 radical (unpaired) electrons. The first-order chi connectivity index (χ1) is 9.71. The first kappa shape index (κ1) is 16.8. The van der Waals surface area contributed by atoms with E-state index in [4.69, 9.17) is 0 Å². The lowest BCUT2D eigenvalue weighted by atomic mass is 10.1. The van der Waals surface area contributed by atoms with Crippen LogP contribution in [0.2, 0.25) is 0 Å². The third kappa shape index (κ3) is 6.15. The van der Waals surface area contributed by atoms with Gasteiger partial charge in [0.1, 0.15) is 5.75 Å². The highest BCUT2D eigenvalue weighted by atomic mass is 19.4. The Balaban J connectivity index is 2.61. The van der Waals surface area contributed by atoms with E-state index in [0.29, 0.717) is 0 Å². The molecule has 5 nitrogen and oxygen atoms in total. The van der Waals surface area contributed by atoms with Crippen LogP contribution in [-0.2, 0) is 9.53 Å². The van der Waals surface area contributed by atoms with Gasteiger partial charge in [0, 0.05) is 11.6 Å². The van der Waals surface area contributed by atoms with Gasteiger partial charge in [-0.15, -0.1) is 13.2 Å². The third-order valence-corrected chi connectivity index (χ3v) is 2.43. The minimum Gasteiger partial charge on any atom is -0.469 e. The van der Waals surface area contributed by atoms with Gasteiger partial charge in [-0.1, -0.05) is 0 Å². The SMILES string of the molecule is COC(=O)CC(C)NC(=O)c1ccc(OC(F)(F)F)cc1.